The maximum Gasteiger partial charge on any atom is 0.198 e. The van der Waals surface area contributed by atoms with Crippen LogP contribution in [0.5, 0.6) is 0 Å². The van der Waals surface area contributed by atoms with Crippen LogP contribution in [0.15, 0.2) is 144 Å². The van der Waals surface area contributed by atoms with Crippen LogP contribution in [-0.4, -0.2) is 15.0 Å². The molecule has 2 heterocycles. The molecule has 0 saturated heterocycles. The van der Waals surface area contributed by atoms with Crippen molar-refractivity contribution >= 4 is 27.6 Å². The lowest BCUT2D eigenvalue weighted by molar-refractivity contribution is -0.00518. The van der Waals surface area contributed by atoms with E-state index in [4.69, 9.17) is 25.9 Å². The smallest absolute Gasteiger partial charge is 0.198 e. The minimum absolute atomic E-state index is 0.370. The number of nitrogens with zero attached hydrogens (tertiary/aromatic N) is 4. The van der Waals surface area contributed by atoms with Crippen LogP contribution in [0.25, 0.3) is 83.2 Å². The van der Waals surface area contributed by atoms with Gasteiger partial charge in [0.1, 0.15) is 11.2 Å². The fraction of sp³-hybridized carbons (Fsp3) is 0.200. The molecular formula is C50H38N4O. The lowest BCUT2D eigenvalue weighted by Crippen LogP contribution is -2.48. The summed E-state index contributed by atoms with van der Waals surface area (Å²) in [6.07, 6.45) is 8.47. The molecule has 4 bridgehead atoms. The van der Waals surface area contributed by atoms with Crippen molar-refractivity contribution < 1.29 is 4.42 Å². The molecule has 0 atom stereocenters. The third-order valence-corrected chi connectivity index (χ3v) is 12.8. The topological polar surface area (TPSA) is 56.2 Å². The van der Waals surface area contributed by atoms with Gasteiger partial charge in [-0.2, -0.15) is 0 Å². The molecule has 6 aromatic carbocycles. The highest BCUT2D eigenvalue weighted by Crippen LogP contribution is 2.60. The Morgan fingerprint density at radius 3 is 1.73 bits per heavy atom. The minimum Gasteiger partial charge on any atom is -0.456 e. The van der Waals surface area contributed by atoms with Gasteiger partial charge in [0.15, 0.2) is 23.2 Å². The Hall–Kier alpha value is -6.38. The van der Waals surface area contributed by atoms with Crippen LogP contribution in [0.2, 0.25) is 0 Å². The first-order valence-corrected chi connectivity index (χ1v) is 19.6. The summed E-state index contributed by atoms with van der Waals surface area (Å²) in [5.74, 6) is 4.32. The predicted octanol–water partition coefficient (Wildman–Crippen LogP) is 13.1. The minimum atomic E-state index is 0.370. The molecule has 5 nitrogen and oxygen atoms in total. The Labute approximate surface area is 320 Å². The zero-order valence-electron chi connectivity index (χ0n) is 30.5. The Morgan fingerprint density at radius 1 is 0.491 bits per heavy atom. The lowest BCUT2D eigenvalue weighted by atomic mass is 9.48. The van der Waals surface area contributed by atoms with Crippen molar-refractivity contribution in [2.24, 2.45) is 17.8 Å². The molecule has 8 aromatic rings. The van der Waals surface area contributed by atoms with Gasteiger partial charge in [0.05, 0.1) is 6.57 Å². The van der Waals surface area contributed by atoms with Gasteiger partial charge in [-0.25, -0.2) is 19.8 Å². The summed E-state index contributed by atoms with van der Waals surface area (Å²) in [5.41, 5.74) is 11.0. The van der Waals surface area contributed by atoms with Crippen LogP contribution in [-0.2, 0) is 5.41 Å². The maximum absolute atomic E-state index is 7.93. The first-order valence-electron chi connectivity index (χ1n) is 19.6. The van der Waals surface area contributed by atoms with Crippen molar-refractivity contribution in [2.45, 2.75) is 43.9 Å². The summed E-state index contributed by atoms with van der Waals surface area (Å²) in [6, 6.07) is 48.3. The van der Waals surface area contributed by atoms with Gasteiger partial charge >= 0.3 is 0 Å². The zero-order chi connectivity index (χ0) is 36.5. The average molecular weight is 711 g/mol. The monoisotopic (exact) mass is 710 g/mol. The van der Waals surface area contributed by atoms with Crippen molar-refractivity contribution in [3.63, 3.8) is 0 Å². The van der Waals surface area contributed by atoms with E-state index in [0.29, 0.717) is 34.1 Å². The molecule has 0 amide bonds. The Kier molecular flexibility index (Phi) is 7.35. The molecule has 0 aliphatic heterocycles. The number of hydrogen-bond acceptors (Lipinski definition) is 4. The van der Waals surface area contributed by atoms with Crippen molar-refractivity contribution in [1.82, 2.24) is 15.0 Å². The molecule has 4 fully saturated rings. The maximum atomic E-state index is 7.93. The van der Waals surface area contributed by atoms with Crippen molar-refractivity contribution in [2.75, 3.05) is 0 Å². The highest BCUT2D eigenvalue weighted by atomic mass is 16.3. The van der Waals surface area contributed by atoms with Crippen LogP contribution in [0.4, 0.5) is 5.69 Å². The number of benzene rings is 6. The van der Waals surface area contributed by atoms with E-state index < -0.39 is 0 Å². The van der Waals surface area contributed by atoms with Gasteiger partial charge in [-0.3, -0.25) is 0 Å². The average Bonchev–Trinajstić information content (AvgIpc) is 3.61. The highest BCUT2D eigenvalue weighted by molar-refractivity contribution is 6.06. The normalized spacial score (nSPS) is 21.3. The largest absolute Gasteiger partial charge is 0.456 e. The van der Waals surface area contributed by atoms with E-state index >= 15 is 0 Å². The third kappa shape index (κ3) is 5.39. The fourth-order valence-corrected chi connectivity index (χ4v) is 10.7. The van der Waals surface area contributed by atoms with Gasteiger partial charge in [-0.15, -0.1) is 0 Å². The number of rotatable bonds is 6. The fourth-order valence-electron chi connectivity index (χ4n) is 10.7. The van der Waals surface area contributed by atoms with Crippen LogP contribution >= 0.6 is 0 Å². The Balaban J connectivity index is 1.04. The number of aromatic nitrogens is 3. The summed E-state index contributed by atoms with van der Waals surface area (Å²) in [7, 11) is 0. The van der Waals surface area contributed by atoms with Crippen molar-refractivity contribution in [1.29, 1.82) is 0 Å². The second-order valence-corrected chi connectivity index (χ2v) is 16.1. The van der Waals surface area contributed by atoms with Crippen molar-refractivity contribution in [3.8, 4) is 56.4 Å². The first-order chi connectivity index (χ1) is 27.1. The Morgan fingerprint density at radius 2 is 1.02 bits per heavy atom. The SMILES string of the molecule is [C-]#[N+]c1ccccc1-c1nc(-c2ccc3oc4ccccc4c3c2)nc(-c2ccccc2-c2ccccc2-c2ccc(C34CC5CC(CC(C5)C3)C4)cc2)n1. The predicted molar refractivity (Wildman–Crippen MR) is 220 cm³/mol. The quantitative estimate of drug-likeness (QED) is 0.161. The van der Waals surface area contributed by atoms with E-state index in [9.17, 15) is 0 Å². The van der Waals surface area contributed by atoms with E-state index in [1.807, 2.05) is 60.7 Å². The van der Waals surface area contributed by atoms with Gasteiger partial charge in [0.25, 0.3) is 0 Å². The van der Waals surface area contributed by atoms with Gasteiger partial charge in [-0.1, -0.05) is 115 Å². The molecule has 2 aromatic heterocycles. The molecule has 55 heavy (non-hydrogen) atoms. The number of fused-ring (bicyclic) bond motifs is 3. The molecule has 0 N–H and O–H groups in total. The van der Waals surface area contributed by atoms with Crippen LogP contribution in [0, 0.1) is 24.3 Å². The second kappa shape index (κ2) is 12.6. The van der Waals surface area contributed by atoms with Gasteiger partial charge < -0.3 is 4.42 Å². The molecule has 0 radical (unpaired) electrons. The molecular weight excluding hydrogens is 673 g/mol. The van der Waals surface area contributed by atoms with E-state index in [0.717, 1.165) is 61.9 Å². The Bertz CT molecular complexity index is 2790. The van der Waals surface area contributed by atoms with E-state index in [-0.39, 0.29) is 0 Å². The number of para-hydroxylation sites is 2. The zero-order valence-corrected chi connectivity index (χ0v) is 30.5. The van der Waals surface area contributed by atoms with Gasteiger partial charge in [0.2, 0.25) is 0 Å². The lowest BCUT2D eigenvalue weighted by Gasteiger charge is -2.57. The summed E-state index contributed by atoms with van der Waals surface area (Å²) in [4.78, 5) is 19.2. The van der Waals surface area contributed by atoms with E-state index in [1.54, 1.807) is 5.56 Å². The van der Waals surface area contributed by atoms with Crippen LogP contribution in [0.1, 0.15) is 44.1 Å². The highest BCUT2D eigenvalue weighted by Gasteiger charge is 2.51. The van der Waals surface area contributed by atoms with Gasteiger partial charge in [0, 0.05) is 27.5 Å². The molecule has 0 spiro atoms. The standard InChI is InChI=1S/C50H38N4O/c1-51-44-16-8-6-15-42(44)49-53-47(35-20-23-46-43(27-35)40-13-7-9-17-45(40)55-46)52-48(54-49)41-14-5-4-12-39(41)38-11-3-2-10-37(38)34-18-21-36(22-19-34)50-28-31-24-32(29-50)26-33(25-31)30-50/h2-23,27,31-33H,24-26,28-30H2. The first kappa shape index (κ1) is 32.1. The molecule has 264 valence electrons. The van der Waals surface area contributed by atoms with Crippen molar-refractivity contribution in [3.05, 3.63) is 157 Å². The summed E-state index contributed by atoms with van der Waals surface area (Å²) in [5, 5.41) is 2.04. The molecule has 4 aliphatic carbocycles. The molecule has 12 rings (SSSR count). The summed E-state index contributed by atoms with van der Waals surface area (Å²) < 4.78 is 6.15. The van der Waals surface area contributed by atoms with Crippen LogP contribution < -0.4 is 0 Å². The van der Waals surface area contributed by atoms with E-state index in [2.05, 4.69) is 83.7 Å². The summed E-state index contributed by atoms with van der Waals surface area (Å²) in [6.45, 7) is 7.93. The van der Waals surface area contributed by atoms with E-state index in [1.165, 1.54) is 49.7 Å². The molecule has 0 unspecified atom stereocenters. The number of hydrogen-bond donors (Lipinski definition) is 0. The number of furan rings is 1. The third-order valence-electron chi connectivity index (χ3n) is 12.8. The van der Waals surface area contributed by atoms with Crippen LogP contribution in [0.3, 0.4) is 0 Å². The molecule has 4 saturated carbocycles. The molecule has 5 heteroatoms. The second-order valence-electron chi connectivity index (χ2n) is 16.1. The molecule has 4 aliphatic rings. The van der Waals surface area contributed by atoms with Gasteiger partial charge in [-0.05, 0) is 114 Å². The summed E-state index contributed by atoms with van der Waals surface area (Å²) >= 11 is 0.